The molecule has 1 nitrogen and oxygen atoms in total. The van der Waals surface area contributed by atoms with E-state index in [1.807, 2.05) is 13.0 Å². The number of anilines is 1. The SMILES string of the molecule is Cc1cc(F)cc(NCCCF)c1. The first-order chi connectivity index (χ1) is 6.22. The molecule has 0 spiro atoms. The molecule has 0 aliphatic carbocycles. The summed E-state index contributed by atoms with van der Waals surface area (Å²) in [4.78, 5) is 0. The number of rotatable bonds is 4. The number of hydrogen-bond donors (Lipinski definition) is 1. The predicted molar refractivity (Wildman–Crippen MR) is 50.2 cm³/mol. The number of benzene rings is 1. The lowest BCUT2D eigenvalue weighted by atomic mass is 10.2. The summed E-state index contributed by atoms with van der Waals surface area (Å²) in [6.07, 6.45) is 0.454. The third kappa shape index (κ3) is 3.40. The Morgan fingerprint density at radius 3 is 2.69 bits per heavy atom. The van der Waals surface area contributed by atoms with E-state index in [9.17, 15) is 8.78 Å². The second-order valence-corrected chi connectivity index (χ2v) is 2.99. The summed E-state index contributed by atoms with van der Waals surface area (Å²) < 4.78 is 24.6. The van der Waals surface area contributed by atoms with Gasteiger partial charge in [-0.3, -0.25) is 4.39 Å². The Morgan fingerprint density at radius 1 is 1.31 bits per heavy atom. The summed E-state index contributed by atoms with van der Waals surface area (Å²) in [7, 11) is 0. The van der Waals surface area contributed by atoms with Gasteiger partial charge in [0.25, 0.3) is 0 Å². The minimum absolute atomic E-state index is 0.261. The van der Waals surface area contributed by atoms with Gasteiger partial charge in [0.05, 0.1) is 6.67 Å². The van der Waals surface area contributed by atoms with Crippen LogP contribution < -0.4 is 5.32 Å². The predicted octanol–water partition coefficient (Wildman–Crippen LogP) is 2.91. The lowest BCUT2D eigenvalue weighted by Gasteiger charge is -2.05. The van der Waals surface area contributed by atoms with Gasteiger partial charge in [0.15, 0.2) is 0 Å². The molecule has 0 aromatic heterocycles. The molecule has 0 unspecified atom stereocenters. The van der Waals surface area contributed by atoms with Crippen molar-refractivity contribution in [3.05, 3.63) is 29.6 Å². The molecule has 1 N–H and O–H groups in total. The molecule has 0 bridgehead atoms. The zero-order valence-electron chi connectivity index (χ0n) is 7.61. The van der Waals surface area contributed by atoms with E-state index < -0.39 is 0 Å². The average Bonchev–Trinajstić information content (AvgIpc) is 2.03. The molecule has 0 radical (unpaired) electrons. The fraction of sp³-hybridized carbons (Fsp3) is 0.400. The van der Waals surface area contributed by atoms with Gasteiger partial charge >= 0.3 is 0 Å². The highest BCUT2D eigenvalue weighted by molar-refractivity contribution is 5.45. The molecule has 0 aliphatic rings. The number of halogens is 2. The van der Waals surface area contributed by atoms with Gasteiger partial charge in [0, 0.05) is 12.2 Å². The van der Waals surface area contributed by atoms with Gasteiger partial charge in [0.1, 0.15) is 5.82 Å². The molecule has 0 fully saturated rings. The van der Waals surface area contributed by atoms with Gasteiger partial charge in [-0.25, -0.2) is 4.39 Å². The Balaban J connectivity index is 2.56. The summed E-state index contributed by atoms with van der Waals surface area (Å²) in [6.45, 7) is 2.02. The van der Waals surface area contributed by atoms with Gasteiger partial charge in [0.2, 0.25) is 0 Å². The third-order valence-electron chi connectivity index (χ3n) is 1.68. The maximum atomic E-state index is 12.8. The minimum Gasteiger partial charge on any atom is -0.385 e. The molecule has 0 atom stereocenters. The van der Waals surface area contributed by atoms with Crippen LogP contribution in [0.25, 0.3) is 0 Å². The van der Waals surface area contributed by atoms with Gasteiger partial charge < -0.3 is 5.32 Å². The number of aryl methyl sites for hydroxylation is 1. The van der Waals surface area contributed by atoms with Crippen molar-refractivity contribution >= 4 is 5.69 Å². The van der Waals surface area contributed by atoms with Crippen molar-refractivity contribution in [2.45, 2.75) is 13.3 Å². The molecule has 0 saturated carbocycles. The lowest BCUT2D eigenvalue weighted by Crippen LogP contribution is -2.02. The minimum atomic E-state index is -0.346. The Kier molecular flexibility index (Phi) is 3.68. The summed E-state index contributed by atoms with van der Waals surface area (Å²) in [5.41, 5.74) is 1.58. The second-order valence-electron chi connectivity index (χ2n) is 2.99. The van der Waals surface area contributed by atoms with Crippen molar-refractivity contribution in [2.24, 2.45) is 0 Å². The molecule has 0 aliphatic heterocycles. The molecule has 0 heterocycles. The molecular formula is C10H13F2N. The summed E-state index contributed by atoms with van der Waals surface area (Å²) in [6, 6.07) is 4.70. The molecule has 72 valence electrons. The highest BCUT2D eigenvalue weighted by Crippen LogP contribution is 2.12. The average molecular weight is 185 g/mol. The van der Waals surface area contributed by atoms with Crippen LogP contribution in [0.15, 0.2) is 18.2 Å². The monoisotopic (exact) mass is 185 g/mol. The van der Waals surface area contributed by atoms with Crippen LogP contribution in [0.3, 0.4) is 0 Å². The van der Waals surface area contributed by atoms with E-state index in [1.165, 1.54) is 12.1 Å². The highest BCUT2D eigenvalue weighted by atomic mass is 19.1. The van der Waals surface area contributed by atoms with Crippen LogP contribution in [-0.4, -0.2) is 13.2 Å². The van der Waals surface area contributed by atoms with E-state index in [1.54, 1.807) is 0 Å². The van der Waals surface area contributed by atoms with Gasteiger partial charge in [-0.05, 0) is 37.1 Å². The molecule has 1 aromatic rings. The largest absolute Gasteiger partial charge is 0.385 e. The zero-order valence-corrected chi connectivity index (χ0v) is 7.61. The van der Waals surface area contributed by atoms with Gasteiger partial charge in [-0.15, -0.1) is 0 Å². The fourth-order valence-electron chi connectivity index (χ4n) is 1.14. The molecule has 1 rings (SSSR count). The van der Waals surface area contributed by atoms with E-state index in [4.69, 9.17) is 0 Å². The van der Waals surface area contributed by atoms with Gasteiger partial charge in [-0.2, -0.15) is 0 Å². The smallest absolute Gasteiger partial charge is 0.125 e. The summed E-state index contributed by atoms with van der Waals surface area (Å²) in [5, 5.41) is 2.95. The van der Waals surface area contributed by atoms with Crippen molar-refractivity contribution in [3.63, 3.8) is 0 Å². The zero-order chi connectivity index (χ0) is 9.68. The topological polar surface area (TPSA) is 12.0 Å². The number of alkyl halides is 1. The molecule has 1 aromatic carbocycles. The van der Waals surface area contributed by atoms with Crippen LogP contribution in [0.2, 0.25) is 0 Å². The van der Waals surface area contributed by atoms with Crippen LogP contribution in [-0.2, 0) is 0 Å². The quantitative estimate of drug-likeness (QED) is 0.711. The maximum absolute atomic E-state index is 12.8. The molecule has 0 saturated heterocycles. The number of nitrogens with one attached hydrogen (secondary N) is 1. The lowest BCUT2D eigenvalue weighted by molar-refractivity contribution is 0.481. The van der Waals surface area contributed by atoms with Crippen molar-refractivity contribution in [2.75, 3.05) is 18.5 Å². The van der Waals surface area contributed by atoms with E-state index in [-0.39, 0.29) is 12.5 Å². The van der Waals surface area contributed by atoms with E-state index >= 15 is 0 Å². The Hall–Kier alpha value is -1.12. The fourth-order valence-corrected chi connectivity index (χ4v) is 1.14. The van der Waals surface area contributed by atoms with Crippen LogP contribution in [0.4, 0.5) is 14.5 Å². The maximum Gasteiger partial charge on any atom is 0.125 e. The first kappa shape index (κ1) is 9.96. The summed E-state index contributed by atoms with van der Waals surface area (Å²) >= 11 is 0. The van der Waals surface area contributed by atoms with Crippen LogP contribution in [0, 0.1) is 12.7 Å². The van der Waals surface area contributed by atoms with E-state index in [2.05, 4.69) is 5.32 Å². The van der Waals surface area contributed by atoms with Crippen molar-refractivity contribution < 1.29 is 8.78 Å². The summed E-state index contributed by atoms with van der Waals surface area (Å²) in [5.74, 6) is -0.261. The van der Waals surface area contributed by atoms with Crippen molar-refractivity contribution in [3.8, 4) is 0 Å². The van der Waals surface area contributed by atoms with Crippen LogP contribution >= 0.6 is 0 Å². The number of hydrogen-bond acceptors (Lipinski definition) is 1. The van der Waals surface area contributed by atoms with Gasteiger partial charge in [-0.1, -0.05) is 0 Å². The van der Waals surface area contributed by atoms with Crippen LogP contribution in [0.5, 0.6) is 0 Å². The third-order valence-corrected chi connectivity index (χ3v) is 1.68. The van der Waals surface area contributed by atoms with Crippen molar-refractivity contribution in [1.82, 2.24) is 0 Å². The van der Waals surface area contributed by atoms with Crippen LogP contribution in [0.1, 0.15) is 12.0 Å². The van der Waals surface area contributed by atoms with E-state index in [0.717, 1.165) is 5.56 Å². The first-order valence-corrected chi connectivity index (χ1v) is 4.29. The van der Waals surface area contributed by atoms with Crippen molar-refractivity contribution in [1.29, 1.82) is 0 Å². The molecule has 0 amide bonds. The highest BCUT2D eigenvalue weighted by Gasteiger charge is 1.96. The Morgan fingerprint density at radius 2 is 2.08 bits per heavy atom. The first-order valence-electron chi connectivity index (χ1n) is 4.29. The van der Waals surface area contributed by atoms with E-state index in [0.29, 0.717) is 18.7 Å². The second kappa shape index (κ2) is 4.80. The molecular weight excluding hydrogens is 172 g/mol. The normalized spacial score (nSPS) is 10.1. The molecule has 13 heavy (non-hydrogen) atoms. The Labute approximate surface area is 76.8 Å². The Bertz CT molecular complexity index is 253. The standard InChI is InChI=1S/C10H13F2N/c1-8-5-9(12)7-10(6-8)13-4-2-3-11/h5-7,13H,2-4H2,1H3. The molecule has 3 heteroatoms.